The Hall–Kier alpha value is -8.55. The summed E-state index contributed by atoms with van der Waals surface area (Å²) >= 11 is 3.69. The summed E-state index contributed by atoms with van der Waals surface area (Å²) < 4.78 is 7.60. The molecule has 0 spiro atoms. The van der Waals surface area contributed by atoms with E-state index in [-0.39, 0.29) is 0 Å². The van der Waals surface area contributed by atoms with E-state index < -0.39 is 0 Å². The lowest BCUT2D eigenvalue weighted by Crippen LogP contribution is -2.01. The van der Waals surface area contributed by atoms with Gasteiger partial charge in [-0.15, -0.1) is 22.7 Å². The molecule has 5 heterocycles. The first-order valence-electron chi connectivity index (χ1n) is 23.2. The first-order chi connectivity index (χ1) is 34.2. The largest absolute Gasteiger partial charge is 0.308 e. The topological polar surface area (TPSA) is 43.6 Å². The Morgan fingerprint density at radius 3 is 1.45 bits per heavy atom. The molecule has 1 aliphatic rings. The fourth-order valence-corrected chi connectivity index (χ4v) is 12.9. The van der Waals surface area contributed by atoms with Crippen LogP contribution in [0.1, 0.15) is 0 Å². The van der Waals surface area contributed by atoms with Crippen molar-refractivity contribution >= 4 is 84.8 Å². The monoisotopic (exact) mass is 912 g/mol. The smallest absolute Gasteiger partial charge is 0.164 e. The first-order valence-corrected chi connectivity index (χ1v) is 24.9. The van der Waals surface area contributed by atoms with E-state index in [2.05, 4.69) is 205 Å². The van der Waals surface area contributed by atoms with Crippen molar-refractivity contribution in [1.82, 2.24) is 19.5 Å². The van der Waals surface area contributed by atoms with Crippen molar-refractivity contribution < 1.29 is 0 Å². The molecule has 4 nitrogen and oxygen atoms in total. The summed E-state index contributed by atoms with van der Waals surface area (Å²) in [4.78, 5) is 16.1. The molecule has 0 radical (unpaired) electrons. The number of hydrogen-bond acceptors (Lipinski definition) is 5. The quantitative estimate of drug-likeness (QED) is 0.173. The van der Waals surface area contributed by atoms with Crippen LogP contribution in [-0.2, 0) is 0 Å². The molecule has 14 aromatic rings. The molecule has 0 bridgehead atoms. The molecule has 0 fully saturated rings. The van der Waals surface area contributed by atoms with Gasteiger partial charge in [-0.3, -0.25) is 0 Å². The summed E-state index contributed by atoms with van der Waals surface area (Å²) in [5.74, 6) is 1.86. The third-order valence-electron chi connectivity index (χ3n) is 14.0. The van der Waals surface area contributed by atoms with Crippen LogP contribution in [-0.4, -0.2) is 19.5 Å². The first kappa shape index (κ1) is 38.5. The van der Waals surface area contributed by atoms with E-state index in [1.54, 1.807) is 0 Å². The third kappa shape index (κ3) is 6.03. The maximum absolute atomic E-state index is 5.45. The maximum atomic E-state index is 5.45. The number of nitrogens with zero attached hydrogens (tertiary/aromatic N) is 4. The van der Waals surface area contributed by atoms with Crippen LogP contribution in [0.5, 0.6) is 0 Å². The molecule has 0 unspecified atom stereocenters. The van der Waals surface area contributed by atoms with Crippen LogP contribution in [0, 0.1) is 0 Å². The molecule has 1 aliphatic heterocycles. The fraction of sp³-hybridized carbons (Fsp3) is 0. The average molecular weight is 913 g/mol. The van der Waals surface area contributed by atoms with Crippen molar-refractivity contribution in [1.29, 1.82) is 0 Å². The van der Waals surface area contributed by atoms with E-state index in [0.717, 1.165) is 50.1 Å². The van der Waals surface area contributed by atoms with Gasteiger partial charge < -0.3 is 4.57 Å². The fourth-order valence-electron chi connectivity index (χ4n) is 10.8. The van der Waals surface area contributed by atoms with Gasteiger partial charge in [0, 0.05) is 78.9 Å². The van der Waals surface area contributed by atoms with E-state index >= 15 is 0 Å². The number of thiophene rings is 2. The van der Waals surface area contributed by atoms with Gasteiger partial charge in [-0.05, 0) is 100 Å². The van der Waals surface area contributed by atoms with Gasteiger partial charge in [0.1, 0.15) is 0 Å². The van der Waals surface area contributed by atoms with Gasteiger partial charge in [-0.1, -0.05) is 152 Å². The molecule has 69 heavy (non-hydrogen) atoms. The average Bonchev–Trinajstić information content (AvgIpc) is 4.07. The van der Waals surface area contributed by atoms with E-state index in [4.69, 9.17) is 15.0 Å². The van der Waals surface area contributed by atoms with Crippen LogP contribution in [0.2, 0.25) is 0 Å². The van der Waals surface area contributed by atoms with Crippen molar-refractivity contribution in [2.45, 2.75) is 0 Å². The van der Waals surface area contributed by atoms with Crippen LogP contribution in [0.25, 0.3) is 147 Å². The summed E-state index contributed by atoms with van der Waals surface area (Å²) in [6.45, 7) is 0. The zero-order valence-corrected chi connectivity index (χ0v) is 38.5. The lowest BCUT2D eigenvalue weighted by atomic mass is 9.94. The molecule has 10 aromatic carbocycles. The minimum atomic E-state index is 0.618. The number of hydrogen-bond donors (Lipinski definition) is 0. The van der Waals surface area contributed by atoms with Gasteiger partial charge >= 0.3 is 0 Å². The molecule has 4 aromatic heterocycles. The second-order valence-electron chi connectivity index (χ2n) is 17.9. The molecule has 320 valence electrons. The Morgan fingerprint density at radius 1 is 0.275 bits per heavy atom. The molecule has 0 amide bonds. The highest BCUT2D eigenvalue weighted by atomic mass is 32.1. The summed E-state index contributed by atoms with van der Waals surface area (Å²) in [6.07, 6.45) is 0. The van der Waals surface area contributed by atoms with Crippen molar-refractivity contribution in [3.63, 3.8) is 0 Å². The van der Waals surface area contributed by atoms with Gasteiger partial charge in [-0.25, -0.2) is 15.0 Å². The number of rotatable bonds is 5. The van der Waals surface area contributed by atoms with Crippen LogP contribution in [0.4, 0.5) is 0 Å². The van der Waals surface area contributed by atoms with Crippen molar-refractivity contribution in [2.24, 2.45) is 0 Å². The summed E-state index contributed by atoms with van der Waals surface area (Å²) in [6, 6.07) is 79.3. The Balaban J connectivity index is 0.964. The van der Waals surface area contributed by atoms with Crippen LogP contribution in [0.3, 0.4) is 0 Å². The Kier molecular flexibility index (Phi) is 8.37. The Labute approximate surface area is 404 Å². The van der Waals surface area contributed by atoms with Gasteiger partial charge in [0.2, 0.25) is 0 Å². The van der Waals surface area contributed by atoms with Gasteiger partial charge in [0.05, 0.1) is 16.7 Å². The number of benzene rings is 10. The standard InChI is InChI=1S/C63H36N4S2/c1-2-13-37(14-3-1)61-64-62(40-25-28-47-51-21-12-20-50-45-16-5-4-15-44(45)46-17-6-9-22-54(46)67(60(50)51)55(47)36-40)66-63(65-61)43-32-41(38-26-29-58-52(34-38)48-18-7-10-23-56(48)68-58)31-42(33-43)39-27-30-59-53(35-39)49-19-8-11-24-57(49)69-59/h1-36H. The zero-order valence-electron chi connectivity index (χ0n) is 36.9. The SMILES string of the molecule is c1ccc(-c2nc(-c3cc(-c4ccc5sc6ccccc6c5c4)cc(-c4ccc5sc6ccccc6c5c4)c3)nc(-c3ccc4c5cccc6c5n(c4c3)-c3ccccc3-c3ccccc3-6)n2)cc1. The molecular weight excluding hydrogens is 877 g/mol. The predicted molar refractivity (Wildman–Crippen MR) is 292 cm³/mol. The summed E-state index contributed by atoms with van der Waals surface area (Å²) in [5, 5.41) is 7.49. The molecule has 6 heteroatoms. The number of aromatic nitrogens is 4. The lowest BCUT2D eigenvalue weighted by Gasteiger charge is -2.14. The van der Waals surface area contributed by atoms with Crippen LogP contribution >= 0.6 is 22.7 Å². The maximum Gasteiger partial charge on any atom is 0.164 e. The van der Waals surface area contributed by atoms with Gasteiger partial charge in [0.15, 0.2) is 17.5 Å². The highest BCUT2D eigenvalue weighted by molar-refractivity contribution is 7.26. The zero-order chi connectivity index (χ0) is 45.2. The van der Waals surface area contributed by atoms with Crippen LogP contribution < -0.4 is 0 Å². The van der Waals surface area contributed by atoms with E-state index in [0.29, 0.717) is 17.5 Å². The minimum Gasteiger partial charge on any atom is -0.308 e. The van der Waals surface area contributed by atoms with Gasteiger partial charge in [-0.2, -0.15) is 0 Å². The van der Waals surface area contributed by atoms with Crippen molar-refractivity contribution in [2.75, 3.05) is 0 Å². The Morgan fingerprint density at radius 2 is 0.768 bits per heavy atom. The third-order valence-corrected chi connectivity index (χ3v) is 16.3. The molecule has 0 saturated heterocycles. The second-order valence-corrected chi connectivity index (χ2v) is 20.1. The number of para-hydroxylation sites is 2. The molecule has 0 atom stereocenters. The van der Waals surface area contributed by atoms with Crippen molar-refractivity contribution in [3.05, 3.63) is 218 Å². The summed E-state index contributed by atoms with van der Waals surface area (Å²) in [5.41, 5.74) is 15.6. The van der Waals surface area contributed by atoms with E-state index in [9.17, 15) is 0 Å². The van der Waals surface area contributed by atoms with E-state index in [1.807, 2.05) is 40.9 Å². The van der Waals surface area contributed by atoms with Gasteiger partial charge in [0.25, 0.3) is 0 Å². The normalized spacial score (nSPS) is 12.1. The molecule has 0 aliphatic carbocycles. The second kappa shape index (κ2) is 15.0. The summed E-state index contributed by atoms with van der Waals surface area (Å²) in [7, 11) is 0. The molecule has 15 rings (SSSR count). The molecule has 0 N–H and O–H groups in total. The number of fused-ring (bicyclic) bond motifs is 14. The Bertz CT molecular complexity index is 4310. The minimum absolute atomic E-state index is 0.618. The van der Waals surface area contributed by atoms with Crippen molar-refractivity contribution in [3.8, 4) is 84.4 Å². The molecular formula is C63H36N4S2. The predicted octanol–water partition coefficient (Wildman–Crippen LogP) is 17.7. The lowest BCUT2D eigenvalue weighted by molar-refractivity contribution is 1.07. The highest BCUT2D eigenvalue weighted by Gasteiger charge is 2.25. The molecule has 0 saturated carbocycles. The highest BCUT2D eigenvalue weighted by Crippen LogP contribution is 2.47. The van der Waals surface area contributed by atoms with E-state index in [1.165, 1.54) is 78.9 Å². The van der Waals surface area contributed by atoms with Crippen LogP contribution in [0.15, 0.2) is 218 Å².